The third-order valence-corrected chi connectivity index (χ3v) is 4.21. The molecule has 0 aromatic heterocycles. The molecular weight excluding hydrogens is 246 g/mol. The molecule has 0 aliphatic carbocycles. The molecule has 0 bridgehead atoms. The van der Waals surface area contributed by atoms with E-state index in [1.54, 1.807) is 0 Å². The number of hydrogen-bond acceptors (Lipinski definition) is 2. The second-order valence-electron chi connectivity index (χ2n) is 5.82. The van der Waals surface area contributed by atoms with Crippen molar-refractivity contribution in [2.24, 2.45) is 0 Å². The molecule has 1 aliphatic rings. The van der Waals surface area contributed by atoms with Crippen molar-refractivity contribution in [2.45, 2.75) is 64.3 Å². The van der Waals surface area contributed by atoms with Gasteiger partial charge in [-0.05, 0) is 24.0 Å². The molecule has 2 nitrogen and oxygen atoms in total. The topological polar surface area (TPSA) is 29.1 Å². The predicted molar refractivity (Wildman–Crippen MR) is 83.9 cm³/mol. The van der Waals surface area contributed by atoms with Gasteiger partial charge in [-0.2, -0.15) is 0 Å². The van der Waals surface area contributed by atoms with E-state index in [0.29, 0.717) is 5.78 Å². The SMILES string of the molecule is CCCCCCCCC(=O)C1NCCc2ccccc21. The lowest BCUT2D eigenvalue weighted by molar-refractivity contribution is -0.121. The fraction of sp³-hybridized carbons (Fsp3) is 0.611. The molecule has 2 heteroatoms. The maximum atomic E-state index is 12.4. The molecule has 20 heavy (non-hydrogen) atoms. The van der Waals surface area contributed by atoms with Gasteiger partial charge >= 0.3 is 0 Å². The second kappa shape index (κ2) is 8.21. The normalized spacial score (nSPS) is 17.8. The summed E-state index contributed by atoms with van der Waals surface area (Å²) in [5.74, 6) is 0.368. The minimum Gasteiger partial charge on any atom is -0.303 e. The zero-order chi connectivity index (χ0) is 14.2. The highest BCUT2D eigenvalue weighted by molar-refractivity contribution is 5.86. The van der Waals surface area contributed by atoms with Crippen LogP contribution in [0.25, 0.3) is 0 Å². The van der Waals surface area contributed by atoms with E-state index in [2.05, 4.69) is 30.4 Å². The first-order valence-corrected chi connectivity index (χ1v) is 8.17. The van der Waals surface area contributed by atoms with Crippen molar-refractivity contribution in [3.05, 3.63) is 35.4 Å². The lowest BCUT2D eigenvalue weighted by atomic mass is 9.90. The molecule has 0 saturated heterocycles. The second-order valence-corrected chi connectivity index (χ2v) is 5.82. The zero-order valence-corrected chi connectivity index (χ0v) is 12.7. The van der Waals surface area contributed by atoms with Crippen LogP contribution in [-0.4, -0.2) is 12.3 Å². The summed E-state index contributed by atoms with van der Waals surface area (Å²) in [5.41, 5.74) is 2.54. The third kappa shape index (κ3) is 4.17. The number of benzene rings is 1. The first-order valence-electron chi connectivity index (χ1n) is 8.17. The zero-order valence-electron chi connectivity index (χ0n) is 12.7. The number of carbonyl (C=O) groups excluding carboxylic acids is 1. The van der Waals surface area contributed by atoms with Crippen molar-refractivity contribution < 1.29 is 4.79 Å². The number of fused-ring (bicyclic) bond motifs is 1. The molecule has 1 aromatic rings. The van der Waals surface area contributed by atoms with Crippen molar-refractivity contribution in [3.8, 4) is 0 Å². The Hall–Kier alpha value is -1.15. The van der Waals surface area contributed by atoms with E-state index in [9.17, 15) is 4.79 Å². The fourth-order valence-corrected chi connectivity index (χ4v) is 3.02. The van der Waals surface area contributed by atoms with E-state index in [-0.39, 0.29) is 6.04 Å². The lowest BCUT2D eigenvalue weighted by Gasteiger charge is -2.25. The average Bonchev–Trinajstić information content (AvgIpc) is 2.50. The predicted octanol–water partition coefficient (Wildman–Crippen LogP) is 4.19. The van der Waals surface area contributed by atoms with Crippen molar-refractivity contribution in [2.75, 3.05) is 6.54 Å². The summed E-state index contributed by atoms with van der Waals surface area (Å²) in [7, 11) is 0. The van der Waals surface area contributed by atoms with E-state index in [1.165, 1.54) is 43.2 Å². The van der Waals surface area contributed by atoms with Gasteiger partial charge in [-0.3, -0.25) is 4.79 Å². The molecule has 1 atom stereocenters. The van der Waals surface area contributed by atoms with Crippen LogP contribution in [0.3, 0.4) is 0 Å². The summed E-state index contributed by atoms with van der Waals surface area (Å²) in [6.07, 6.45) is 9.19. The largest absolute Gasteiger partial charge is 0.303 e. The van der Waals surface area contributed by atoms with Gasteiger partial charge in [-0.1, -0.05) is 63.3 Å². The van der Waals surface area contributed by atoms with Crippen molar-refractivity contribution in [3.63, 3.8) is 0 Å². The number of unbranched alkanes of at least 4 members (excludes halogenated alkanes) is 5. The van der Waals surface area contributed by atoms with Crippen molar-refractivity contribution >= 4 is 5.78 Å². The van der Waals surface area contributed by atoms with Gasteiger partial charge in [0.15, 0.2) is 5.78 Å². The molecule has 0 radical (unpaired) electrons. The maximum absolute atomic E-state index is 12.4. The minimum atomic E-state index is -0.0596. The van der Waals surface area contributed by atoms with Crippen LogP contribution >= 0.6 is 0 Å². The molecule has 1 aliphatic heterocycles. The Morgan fingerprint density at radius 3 is 2.75 bits per heavy atom. The number of carbonyl (C=O) groups is 1. The summed E-state index contributed by atoms with van der Waals surface area (Å²) in [6.45, 7) is 3.15. The summed E-state index contributed by atoms with van der Waals surface area (Å²) in [5, 5.41) is 3.39. The van der Waals surface area contributed by atoms with Gasteiger partial charge in [-0.15, -0.1) is 0 Å². The maximum Gasteiger partial charge on any atom is 0.154 e. The fourth-order valence-electron chi connectivity index (χ4n) is 3.02. The van der Waals surface area contributed by atoms with Gasteiger partial charge in [0.2, 0.25) is 0 Å². The first kappa shape index (κ1) is 15.2. The molecule has 0 fully saturated rings. The Labute approximate surface area is 123 Å². The van der Waals surface area contributed by atoms with E-state index >= 15 is 0 Å². The van der Waals surface area contributed by atoms with Gasteiger partial charge in [0.05, 0.1) is 6.04 Å². The van der Waals surface area contributed by atoms with Gasteiger partial charge in [0, 0.05) is 13.0 Å². The molecule has 1 heterocycles. The molecule has 0 saturated carbocycles. The van der Waals surface area contributed by atoms with E-state index in [1.807, 2.05) is 6.07 Å². The van der Waals surface area contributed by atoms with Crippen molar-refractivity contribution in [1.29, 1.82) is 0 Å². The van der Waals surface area contributed by atoms with Gasteiger partial charge in [0.1, 0.15) is 0 Å². The van der Waals surface area contributed by atoms with Gasteiger partial charge in [-0.25, -0.2) is 0 Å². The van der Waals surface area contributed by atoms with Crippen LogP contribution in [0.5, 0.6) is 0 Å². The monoisotopic (exact) mass is 273 g/mol. The summed E-state index contributed by atoms with van der Waals surface area (Å²) in [6, 6.07) is 8.30. The van der Waals surface area contributed by atoms with Crippen LogP contribution in [0, 0.1) is 0 Å². The Morgan fingerprint density at radius 2 is 1.90 bits per heavy atom. The molecular formula is C18H27NO. The highest BCUT2D eigenvalue weighted by atomic mass is 16.1. The van der Waals surface area contributed by atoms with Crippen LogP contribution < -0.4 is 5.32 Å². The number of rotatable bonds is 8. The highest BCUT2D eigenvalue weighted by Gasteiger charge is 2.24. The number of Topliss-reactive ketones (excluding diaryl/α,β-unsaturated/α-hetero) is 1. The Bertz CT molecular complexity index is 427. The van der Waals surface area contributed by atoms with Gasteiger partial charge < -0.3 is 5.32 Å². The molecule has 1 N–H and O–H groups in total. The smallest absolute Gasteiger partial charge is 0.154 e. The third-order valence-electron chi connectivity index (χ3n) is 4.21. The van der Waals surface area contributed by atoms with Crippen LogP contribution in [0.1, 0.15) is 69.0 Å². The Balaban J connectivity index is 1.79. The summed E-state index contributed by atoms with van der Waals surface area (Å²) < 4.78 is 0. The van der Waals surface area contributed by atoms with Crippen LogP contribution in [0.15, 0.2) is 24.3 Å². The first-order chi connectivity index (χ1) is 9.83. The number of hydrogen-bond donors (Lipinski definition) is 1. The standard InChI is InChI=1S/C18H27NO/c1-2-3-4-5-6-7-12-17(20)18-16-11-9-8-10-15(16)13-14-19-18/h8-11,18-19H,2-7,12-14H2,1H3. The average molecular weight is 273 g/mol. The lowest BCUT2D eigenvalue weighted by Crippen LogP contribution is -2.35. The highest BCUT2D eigenvalue weighted by Crippen LogP contribution is 2.25. The minimum absolute atomic E-state index is 0.0596. The van der Waals surface area contributed by atoms with E-state index < -0.39 is 0 Å². The number of nitrogens with one attached hydrogen (secondary N) is 1. The summed E-state index contributed by atoms with van der Waals surface area (Å²) in [4.78, 5) is 12.4. The quantitative estimate of drug-likeness (QED) is 0.719. The molecule has 0 amide bonds. The Kier molecular flexibility index (Phi) is 6.25. The molecule has 0 spiro atoms. The van der Waals surface area contributed by atoms with E-state index in [0.717, 1.165) is 25.8 Å². The van der Waals surface area contributed by atoms with Crippen LogP contribution in [0.4, 0.5) is 0 Å². The van der Waals surface area contributed by atoms with E-state index in [4.69, 9.17) is 0 Å². The number of ketones is 1. The van der Waals surface area contributed by atoms with Gasteiger partial charge in [0.25, 0.3) is 0 Å². The molecule has 1 aromatic carbocycles. The van der Waals surface area contributed by atoms with Crippen molar-refractivity contribution in [1.82, 2.24) is 5.32 Å². The Morgan fingerprint density at radius 1 is 1.15 bits per heavy atom. The molecule has 110 valence electrons. The summed E-state index contributed by atoms with van der Waals surface area (Å²) >= 11 is 0. The molecule has 1 unspecified atom stereocenters. The van der Waals surface area contributed by atoms with Crippen LogP contribution in [-0.2, 0) is 11.2 Å². The molecule has 2 rings (SSSR count). The van der Waals surface area contributed by atoms with Crippen LogP contribution in [0.2, 0.25) is 0 Å².